The van der Waals surface area contributed by atoms with Gasteiger partial charge >= 0.3 is 0 Å². The Morgan fingerprint density at radius 1 is 0.969 bits per heavy atom. The molecule has 0 aliphatic heterocycles. The Kier molecular flexibility index (Phi) is 8.79. The molecule has 1 unspecified atom stereocenters. The molecule has 0 N–H and O–H groups in total. The van der Waals surface area contributed by atoms with Gasteiger partial charge in [0.1, 0.15) is 0 Å². The summed E-state index contributed by atoms with van der Waals surface area (Å²) in [5.41, 5.74) is 1.60. The molecule has 1 atom stereocenters. The number of Topliss-reactive ketones (excluding diaryl/α,β-unsaturated/α-hetero) is 1. The van der Waals surface area contributed by atoms with Gasteiger partial charge in [-0.2, -0.15) is 4.57 Å². The van der Waals surface area contributed by atoms with Gasteiger partial charge in [-0.05, 0) is 32.3 Å². The summed E-state index contributed by atoms with van der Waals surface area (Å²) in [6.45, 7) is 6.96. The minimum atomic E-state index is -4.17. The van der Waals surface area contributed by atoms with Crippen molar-refractivity contribution in [3.8, 4) is 0 Å². The molecule has 32 heavy (non-hydrogen) atoms. The Labute approximate surface area is 195 Å². The number of rotatable bonds is 10. The molecule has 1 aromatic carbocycles. The van der Waals surface area contributed by atoms with Crippen molar-refractivity contribution in [3.05, 3.63) is 70.4 Å². The van der Waals surface area contributed by atoms with Gasteiger partial charge in [-0.25, -0.2) is 16.8 Å². The first kappa shape index (κ1) is 26.2. The summed E-state index contributed by atoms with van der Waals surface area (Å²) >= 11 is 6.39. The number of halogens is 1. The van der Waals surface area contributed by atoms with E-state index in [2.05, 4.69) is 0 Å². The van der Waals surface area contributed by atoms with Gasteiger partial charge in [0.2, 0.25) is 0 Å². The van der Waals surface area contributed by atoms with Crippen LogP contribution in [0.3, 0.4) is 0 Å². The first-order valence-corrected chi connectivity index (χ1v) is 14.2. The number of aryl methyl sites for hydroxylation is 2. The number of nitrogens with zero attached hydrogens (tertiary/aromatic N) is 1. The smallest absolute Gasteiger partial charge is 0.276 e. The van der Waals surface area contributed by atoms with E-state index in [1.165, 1.54) is 17.0 Å². The summed E-state index contributed by atoms with van der Waals surface area (Å²) < 4.78 is 51.9. The van der Waals surface area contributed by atoms with Gasteiger partial charge in [0.05, 0.1) is 11.5 Å². The lowest BCUT2D eigenvalue weighted by Crippen LogP contribution is -2.41. The number of carbonyl (C=O) groups excluding carboxylic acids is 1. The second-order valence-electron chi connectivity index (χ2n) is 7.65. The summed E-state index contributed by atoms with van der Waals surface area (Å²) in [6.07, 6.45) is 3.53. The highest BCUT2D eigenvalue weighted by atomic mass is 35.5. The fraction of sp³-hybridized carbons (Fsp3) is 0.391. The van der Waals surface area contributed by atoms with Crippen LogP contribution in [0.25, 0.3) is 5.70 Å². The van der Waals surface area contributed by atoms with E-state index in [9.17, 15) is 21.6 Å². The first-order valence-electron chi connectivity index (χ1n) is 10.4. The fourth-order valence-corrected chi connectivity index (χ4v) is 7.83. The van der Waals surface area contributed by atoms with Crippen LogP contribution in [0.5, 0.6) is 0 Å². The van der Waals surface area contributed by atoms with E-state index in [0.717, 1.165) is 5.56 Å². The second kappa shape index (κ2) is 10.7. The van der Waals surface area contributed by atoms with Crippen LogP contribution in [0.2, 0.25) is 0 Å². The summed E-state index contributed by atoms with van der Waals surface area (Å²) in [5, 5.41) is 0. The van der Waals surface area contributed by atoms with Crippen molar-refractivity contribution in [1.82, 2.24) is 0 Å². The molecule has 2 aromatic rings. The van der Waals surface area contributed by atoms with E-state index in [-0.39, 0.29) is 35.6 Å². The Balaban J connectivity index is 2.98. The molecule has 0 amide bonds. The van der Waals surface area contributed by atoms with Crippen LogP contribution in [-0.2, 0) is 19.7 Å². The maximum absolute atomic E-state index is 13.8. The zero-order valence-electron chi connectivity index (χ0n) is 18.7. The van der Waals surface area contributed by atoms with Crippen molar-refractivity contribution < 1.29 is 26.2 Å². The summed E-state index contributed by atoms with van der Waals surface area (Å²) in [7, 11) is -8.20. The van der Waals surface area contributed by atoms with Crippen LogP contribution in [0, 0.1) is 13.8 Å². The molecule has 1 heterocycles. The van der Waals surface area contributed by atoms with Gasteiger partial charge in [-0.15, -0.1) is 0 Å². The minimum absolute atomic E-state index is 0.244. The predicted octanol–water partition coefficient (Wildman–Crippen LogP) is 3.86. The molecule has 0 radical (unpaired) electrons. The van der Waals surface area contributed by atoms with Gasteiger partial charge in [0.15, 0.2) is 41.7 Å². The van der Waals surface area contributed by atoms with Crippen molar-refractivity contribution in [3.63, 3.8) is 0 Å². The van der Waals surface area contributed by atoms with E-state index in [1.807, 2.05) is 13.0 Å². The zero-order valence-corrected chi connectivity index (χ0v) is 21.1. The molecule has 174 valence electrons. The van der Waals surface area contributed by atoms with Crippen LogP contribution in [0.1, 0.15) is 48.2 Å². The van der Waals surface area contributed by atoms with Crippen LogP contribution >= 0.6 is 11.6 Å². The third-order valence-electron chi connectivity index (χ3n) is 4.87. The van der Waals surface area contributed by atoms with E-state index in [4.69, 9.17) is 11.6 Å². The third kappa shape index (κ3) is 5.85. The molecule has 6 nitrogen and oxygen atoms in total. The Morgan fingerprint density at radius 3 is 2.09 bits per heavy atom. The molecule has 0 aliphatic carbocycles. The summed E-state index contributed by atoms with van der Waals surface area (Å²) in [5.74, 6) is -1.23. The van der Waals surface area contributed by atoms with Crippen molar-refractivity contribution in [1.29, 1.82) is 0 Å². The number of benzene rings is 1. The minimum Gasteiger partial charge on any atom is -0.282 e. The standard InChI is InChI=1S/C23H29ClNO5S2/c1-5-14-31(27,28)22(23(24)32(29,30)15-6-2)20(25-12-8-7-9-13-25)21(26)19-11-10-17(3)16-18(19)4/h7-13,16,23H,5-6,14-15H2,1-4H3/q+1/b22-20+. The van der Waals surface area contributed by atoms with Gasteiger partial charge < -0.3 is 0 Å². The first-order chi connectivity index (χ1) is 15.0. The highest BCUT2D eigenvalue weighted by molar-refractivity contribution is 7.99. The lowest BCUT2D eigenvalue weighted by atomic mass is 10.00. The summed E-state index contributed by atoms with van der Waals surface area (Å²) in [4.78, 5) is 13.2. The van der Waals surface area contributed by atoms with Crippen LogP contribution < -0.4 is 4.57 Å². The van der Waals surface area contributed by atoms with Crippen molar-refractivity contribution in [2.45, 2.75) is 45.2 Å². The molecule has 0 aliphatic rings. The fourth-order valence-electron chi connectivity index (χ4n) is 3.43. The van der Waals surface area contributed by atoms with Gasteiger partial charge in [-0.3, -0.25) is 4.79 Å². The lowest BCUT2D eigenvalue weighted by Gasteiger charge is -2.17. The van der Waals surface area contributed by atoms with E-state index >= 15 is 0 Å². The van der Waals surface area contributed by atoms with E-state index < -0.39 is 35.1 Å². The van der Waals surface area contributed by atoms with Gasteiger partial charge in [0, 0.05) is 17.7 Å². The maximum Gasteiger partial charge on any atom is 0.276 e. The normalized spacial score (nSPS) is 14.0. The molecule has 0 saturated carbocycles. The molecular formula is C23H29ClNO5S2+. The van der Waals surface area contributed by atoms with Crippen molar-refractivity contribution in [2.24, 2.45) is 0 Å². The molecule has 0 saturated heterocycles. The Morgan fingerprint density at radius 2 is 1.56 bits per heavy atom. The molecule has 0 spiro atoms. The quantitative estimate of drug-likeness (QED) is 0.215. The summed E-state index contributed by atoms with van der Waals surface area (Å²) in [6, 6.07) is 10.1. The second-order valence-corrected chi connectivity index (χ2v) is 12.6. The molecule has 0 bridgehead atoms. The van der Waals surface area contributed by atoms with Crippen molar-refractivity contribution >= 4 is 42.8 Å². The molecule has 1 aromatic heterocycles. The number of ketones is 1. The largest absolute Gasteiger partial charge is 0.282 e. The molecule has 0 fully saturated rings. The zero-order chi connectivity index (χ0) is 24.1. The number of sulfone groups is 2. The van der Waals surface area contributed by atoms with Gasteiger partial charge in [-0.1, -0.05) is 55.3 Å². The molecule has 2 rings (SSSR count). The number of allylic oxidation sites excluding steroid dienone is 1. The van der Waals surface area contributed by atoms with Crippen LogP contribution in [0.4, 0.5) is 0 Å². The maximum atomic E-state index is 13.8. The number of pyridine rings is 1. The van der Waals surface area contributed by atoms with Gasteiger partial charge in [0.25, 0.3) is 11.5 Å². The highest BCUT2D eigenvalue weighted by Crippen LogP contribution is 2.30. The molecule has 9 heteroatoms. The Hall–Kier alpha value is -2.03. The number of alkyl halides is 1. The van der Waals surface area contributed by atoms with Crippen molar-refractivity contribution in [2.75, 3.05) is 11.5 Å². The van der Waals surface area contributed by atoms with Crippen LogP contribution in [-0.4, -0.2) is 38.8 Å². The average molecular weight is 499 g/mol. The lowest BCUT2D eigenvalue weighted by molar-refractivity contribution is -0.577. The third-order valence-corrected chi connectivity index (χ3v) is 10.1. The highest BCUT2D eigenvalue weighted by Gasteiger charge is 2.43. The molecular weight excluding hydrogens is 470 g/mol. The average Bonchev–Trinajstić information content (AvgIpc) is 2.71. The number of aromatic nitrogens is 1. The monoisotopic (exact) mass is 498 g/mol. The SMILES string of the molecule is CCCS(=O)(=O)/C(=C(\C(=O)c1ccc(C)cc1C)[n+]1ccccc1)C(Cl)S(=O)(=O)CCC. The number of hydrogen-bond acceptors (Lipinski definition) is 5. The van der Waals surface area contributed by atoms with Crippen LogP contribution in [0.15, 0.2) is 53.7 Å². The van der Waals surface area contributed by atoms with E-state index in [0.29, 0.717) is 5.56 Å². The number of hydrogen-bond donors (Lipinski definition) is 0. The number of carbonyl (C=O) groups is 1. The Bertz CT molecular complexity index is 1220. The predicted molar refractivity (Wildman–Crippen MR) is 128 cm³/mol. The van der Waals surface area contributed by atoms with E-state index in [1.54, 1.807) is 51.1 Å². The topological polar surface area (TPSA) is 89.2 Å².